The third-order valence-corrected chi connectivity index (χ3v) is 4.34. The van der Waals surface area contributed by atoms with Crippen LogP contribution in [0, 0.1) is 0 Å². The molecule has 2 aromatic carbocycles. The van der Waals surface area contributed by atoms with Gasteiger partial charge in [0.2, 0.25) is 0 Å². The molecule has 0 saturated heterocycles. The lowest BCUT2D eigenvalue weighted by molar-refractivity contribution is 0.373. The molecule has 0 amide bonds. The van der Waals surface area contributed by atoms with Crippen molar-refractivity contribution in [3.8, 4) is 27.7 Å². The van der Waals surface area contributed by atoms with E-state index in [1.165, 1.54) is 5.39 Å². The number of thiophene rings is 1. The van der Waals surface area contributed by atoms with E-state index < -0.39 is 0 Å². The van der Waals surface area contributed by atoms with Crippen LogP contribution in [-0.4, -0.2) is 19.3 Å². The van der Waals surface area contributed by atoms with Crippen LogP contribution in [0.4, 0.5) is 0 Å². The molecule has 0 unspecified atom stereocenters. The molecular formula is C16H14O3S. The van der Waals surface area contributed by atoms with Gasteiger partial charge in [0, 0.05) is 9.58 Å². The highest BCUT2D eigenvalue weighted by Crippen LogP contribution is 2.38. The highest BCUT2D eigenvalue weighted by molar-refractivity contribution is 7.22. The molecule has 3 rings (SSSR count). The molecule has 0 bridgehead atoms. The number of benzene rings is 2. The predicted molar refractivity (Wildman–Crippen MR) is 82.0 cm³/mol. The zero-order chi connectivity index (χ0) is 14.1. The van der Waals surface area contributed by atoms with Gasteiger partial charge in [-0.3, -0.25) is 0 Å². The van der Waals surface area contributed by atoms with Crippen LogP contribution in [0.5, 0.6) is 17.2 Å². The van der Waals surface area contributed by atoms with E-state index in [1.807, 2.05) is 24.3 Å². The third kappa shape index (κ3) is 2.18. The molecule has 102 valence electrons. The van der Waals surface area contributed by atoms with Gasteiger partial charge in [-0.1, -0.05) is 0 Å². The molecule has 0 spiro atoms. The first kappa shape index (κ1) is 12.8. The molecular weight excluding hydrogens is 272 g/mol. The van der Waals surface area contributed by atoms with Crippen molar-refractivity contribution in [1.82, 2.24) is 0 Å². The van der Waals surface area contributed by atoms with E-state index in [9.17, 15) is 5.11 Å². The van der Waals surface area contributed by atoms with Gasteiger partial charge in [-0.15, -0.1) is 11.3 Å². The summed E-state index contributed by atoms with van der Waals surface area (Å²) in [5.74, 6) is 1.49. The highest BCUT2D eigenvalue weighted by Gasteiger charge is 2.08. The maximum atomic E-state index is 9.87. The molecule has 0 aliphatic carbocycles. The minimum Gasteiger partial charge on any atom is -0.504 e. The number of phenolic OH excluding ortho intramolecular Hbond substituents is 1. The summed E-state index contributed by atoms with van der Waals surface area (Å²) in [6.07, 6.45) is 0. The van der Waals surface area contributed by atoms with Crippen LogP contribution < -0.4 is 9.47 Å². The number of aromatic hydroxyl groups is 1. The average Bonchev–Trinajstić information content (AvgIpc) is 2.89. The summed E-state index contributed by atoms with van der Waals surface area (Å²) in [5.41, 5.74) is 0.975. The Bertz CT molecular complexity index is 762. The summed E-state index contributed by atoms with van der Waals surface area (Å²) < 4.78 is 11.5. The fourth-order valence-electron chi connectivity index (χ4n) is 2.12. The number of phenols is 1. The first-order valence-electron chi connectivity index (χ1n) is 6.16. The minimum absolute atomic E-state index is 0.153. The minimum atomic E-state index is 0.153. The molecule has 0 saturated carbocycles. The van der Waals surface area contributed by atoms with Crippen molar-refractivity contribution in [3.63, 3.8) is 0 Å². The van der Waals surface area contributed by atoms with Crippen molar-refractivity contribution in [1.29, 1.82) is 0 Å². The molecule has 1 N–H and O–H groups in total. The fourth-order valence-corrected chi connectivity index (χ4v) is 3.21. The first-order valence-corrected chi connectivity index (χ1v) is 6.98. The van der Waals surface area contributed by atoms with Gasteiger partial charge in [0.05, 0.1) is 14.2 Å². The second-order valence-corrected chi connectivity index (χ2v) is 5.48. The Hall–Kier alpha value is -2.20. The van der Waals surface area contributed by atoms with Crippen molar-refractivity contribution in [2.24, 2.45) is 0 Å². The van der Waals surface area contributed by atoms with Crippen molar-refractivity contribution in [2.45, 2.75) is 0 Å². The summed E-state index contributed by atoms with van der Waals surface area (Å²) in [6.45, 7) is 0. The Balaban J connectivity index is 2.07. The zero-order valence-corrected chi connectivity index (χ0v) is 12.0. The maximum absolute atomic E-state index is 9.87. The number of fused-ring (bicyclic) bond motifs is 1. The van der Waals surface area contributed by atoms with Crippen LogP contribution in [0.1, 0.15) is 0 Å². The van der Waals surface area contributed by atoms with Gasteiger partial charge < -0.3 is 14.6 Å². The van der Waals surface area contributed by atoms with Crippen LogP contribution in [-0.2, 0) is 0 Å². The zero-order valence-electron chi connectivity index (χ0n) is 11.2. The summed E-state index contributed by atoms with van der Waals surface area (Å²) >= 11 is 1.67. The van der Waals surface area contributed by atoms with E-state index >= 15 is 0 Å². The number of rotatable bonds is 3. The topological polar surface area (TPSA) is 38.7 Å². The summed E-state index contributed by atoms with van der Waals surface area (Å²) in [4.78, 5) is 1.10. The Morgan fingerprint density at radius 2 is 1.80 bits per heavy atom. The molecule has 3 nitrogen and oxygen atoms in total. The smallest absolute Gasteiger partial charge is 0.160 e. The molecule has 3 aromatic rings. The van der Waals surface area contributed by atoms with Crippen molar-refractivity contribution in [2.75, 3.05) is 14.2 Å². The summed E-state index contributed by atoms with van der Waals surface area (Å²) in [7, 11) is 3.21. The Morgan fingerprint density at radius 1 is 0.950 bits per heavy atom. The molecule has 20 heavy (non-hydrogen) atoms. The number of ether oxygens (including phenoxy) is 2. The van der Waals surface area contributed by atoms with E-state index in [0.29, 0.717) is 5.75 Å². The SMILES string of the molecule is COc1ccc2cc(-c3ccc(OC)c(O)c3)sc2c1. The van der Waals surface area contributed by atoms with Crippen LogP contribution in [0.3, 0.4) is 0 Å². The van der Waals surface area contributed by atoms with Gasteiger partial charge in [0.1, 0.15) is 5.75 Å². The number of methoxy groups -OCH3 is 2. The molecule has 0 fully saturated rings. The van der Waals surface area contributed by atoms with Crippen molar-refractivity contribution in [3.05, 3.63) is 42.5 Å². The largest absolute Gasteiger partial charge is 0.504 e. The monoisotopic (exact) mass is 286 g/mol. The first-order chi connectivity index (χ1) is 9.71. The lowest BCUT2D eigenvalue weighted by atomic mass is 10.1. The summed E-state index contributed by atoms with van der Waals surface area (Å²) in [6, 6.07) is 13.6. The van der Waals surface area contributed by atoms with Crippen LogP contribution in [0.2, 0.25) is 0 Å². The van der Waals surface area contributed by atoms with E-state index in [1.54, 1.807) is 37.7 Å². The fraction of sp³-hybridized carbons (Fsp3) is 0.125. The Kier molecular flexibility index (Phi) is 3.24. The Labute approximate surface area is 121 Å². The molecule has 1 aromatic heterocycles. The van der Waals surface area contributed by atoms with Gasteiger partial charge in [0.15, 0.2) is 11.5 Å². The lowest BCUT2D eigenvalue weighted by Gasteiger charge is -2.04. The van der Waals surface area contributed by atoms with E-state index in [0.717, 1.165) is 20.9 Å². The third-order valence-electron chi connectivity index (χ3n) is 3.19. The summed E-state index contributed by atoms with van der Waals surface area (Å²) in [5, 5.41) is 11.0. The highest BCUT2D eigenvalue weighted by atomic mass is 32.1. The number of hydrogen-bond donors (Lipinski definition) is 1. The molecule has 0 radical (unpaired) electrons. The van der Waals surface area contributed by atoms with Gasteiger partial charge in [-0.05, 0) is 53.4 Å². The van der Waals surface area contributed by atoms with E-state index in [-0.39, 0.29) is 5.75 Å². The van der Waals surface area contributed by atoms with Gasteiger partial charge in [-0.25, -0.2) is 0 Å². The van der Waals surface area contributed by atoms with Gasteiger partial charge in [0.25, 0.3) is 0 Å². The van der Waals surface area contributed by atoms with Crippen LogP contribution >= 0.6 is 11.3 Å². The second kappa shape index (κ2) is 5.06. The van der Waals surface area contributed by atoms with Gasteiger partial charge >= 0.3 is 0 Å². The molecule has 1 heterocycles. The van der Waals surface area contributed by atoms with E-state index in [2.05, 4.69) is 6.07 Å². The molecule has 0 aliphatic rings. The second-order valence-electron chi connectivity index (χ2n) is 4.40. The van der Waals surface area contributed by atoms with E-state index in [4.69, 9.17) is 9.47 Å². The lowest BCUT2D eigenvalue weighted by Crippen LogP contribution is -1.83. The van der Waals surface area contributed by atoms with Crippen molar-refractivity contribution >= 4 is 21.4 Å². The normalized spacial score (nSPS) is 10.7. The Morgan fingerprint density at radius 3 is 2.50 bits per heavy atom. The predicted octanol–water partition coefficient (Wildman–Crippen LogP) is 4.29. The maximum Gasteiger partial charge on any atom is 0.160 e. The van der Waals surface area contributed by atoms with Crippen LogP contribution in [0.25, 0.3) is 20.5 Å². The van der Waals surface area contributed by atoms with Crippen molar-refractivity contribution < 1.29 is 14.6 Å². The number of hydrogen-bond acceptors (Lipinski definition) is 4. The molecule has 0 aliphatic heterocycles. The molecule has 0 atom stereocenters. The standard InChI is InChI=1S/C16H14O3S/c1-18-12-5-3-11-8-15(20-16(11)9-12)10-4-6-14(19-2)13(17)7-10/h3-9,17H,1-2H3. The quantitative estimate of drug-likeness (QED) is 0.780. The molecule has 4 heteroatoms. The van der Waals surface area contributed by atoms with Gasteiger partial charge in [-0.2, -0.15) is 0 Å². The average molecular weight is 286 g/mol. The van der Waals surface area contributed by atoms with Crippen LogP contribution in [0.15, 0.2) is 42.5 Å².